The van der Waals surface area contributed by atoms with E-state index in [4.69, 9.17) is 5.11 Å². The van der Waals surface area contributed by atoms with E-state index < -0.39 is 38.1 Å². The Morgan fingerprint density at radius 1 is 1.30 bits per heavy atom. The van der Waals surface area contributed by atoms with Gasteiger partial charge in [-0.2, -0.15) is 4.72 Å². The van der Waals surface area contributed by atoms with E-state index in [0.29, 0.717) is 12.1 Å². The van der Waals surface area contributed by atoms with Gasteiger partial charge in [0, 0.05) is 0 Å². The van der Waals surface area contributed by atoms with E-state index in [-0.39, 0.29) is 12.8 Å². The van der Waals surface area contributed by atoms with Gasteiger partial charge in [0.2, 0.25) is 10.0 Å². The van der Waals surface area contributed by atoms with Crippen molar-refractivity contribution in [1.82, 2.24) is 4.72 Å². The van der Waals surface area contributed by atoms with E-state index in [1.54, 1.807) is 0 Å². The molecule has 0 aliphatic carbocycles. The minimum Gasteiger partial charge on any atom is -0.480 e. The lowest BCUT2D eigenvalue weighted by Crippen LogP contribution is -2.53. The number of nitrogens with one attached hydrogen (secondary N) is 1. The second kappa shape index (κ2) is 5.84. The normalized spacial score (nSPS) is 12.4. The van der Waals surface area contributed by atoms with Crippen LogP contribution >= 0.6 is 0 Å². The van der Waals surface area contributed by atoms with Crippen LogP contribution < -0.4 is 4.72 Å². The first-order valence-corrected chi connectivity index (χ1v) is 7.39. The second-order valence-corrected chi connectivity index (χ2v) is 5.93. The van der Waals surface area contributed by atoms with Crippen molar-refractivity contribution >= 4 is 16.0 Å². The van der Waals surface area contributed by atoms with Crippen molar-refractivity contribution < 1.29 is 27.1 Å². The fourth-order valence-corrected chi connectivity index (χ4v) is 3.33. The molecule has 0 fully saturated rings. The van der Waals surface area contributed by atoms with Crippen LogP contribution in [0.3, 0.4) is 0 Å². The Hall–Kier alpha value is -1.54. The maximum absolute atomic E-state index is 13.5. The van der Waals surface area contributed by atoms with E-state index >= 15 is 0 Å². The van der Waals surface area contributed by atoms with Gasteiger partial charge in [-0.05, 0) is 31.0 Å². The molecule has 0 bridgehead atoms. The zero-order valence-electron chi connectivity index (χ0n) is 11.0. The van der Waals surface area contributed by atoms with Gasteiger partial charge in [-0.15, -0.1) is 0 Å². The van der Waals surface area contributed by atoms with Crippen molar-refractivity contribution in [2.24, 2.45) is 0 Å². The predicted molar refractivity (Wildman–Crippen MR) is 67.6 cm³/mol. The molecule has 8 heteroatoms. The zero-order valence-corrected chi connectivity index (χ0v) is 11.8. The summed E-state index contributed by atoms with van der Waals surface area (Å²) in [6, 6.07) is 1.96. The molecule has 0 radical (unpaired) electrons. The fourth-order valence-electron chi connectivity index (χ4n) is 1.74. The molecule has 5 nitrogen and oxygen atoms in total. The van der Waals surface area contributed by atoms with Crippen LogP contribution in [-0.2, 0) is 14.8 Å². The van der Waals surface area contributed by atoms with Crippen LogP contribution in [0.25, 0.3) is 0 Å². The van der Waals surface area contributed by atoms with Gasteiger partial charge in [0.15, 0.2) is 0 Å². The Labute approximate surface area is 115 Å². The number of sulfonamides is 1. The lowest BCUT2D eigenvalue weighted by molar-refractivity contribution is -0.144. The number of hydrogen-bond donors (Lipinski definition) is 2. The second-order valence-electron chi connectivity index (χ2n) is 4.27. The average Bonchev–Trinajstić information content (AvgIpc) is 2.38. The van der Waals surface area contributed by atoms with E-state index in [0.717, 1.165) is 6.07 Å². The first-order valence-electron chi connectivity index (χ1n) is 5.91. The summed E-state index contributed by atoms with van der Waals surface area (Å²) >= 11 is 0. The quantitative estimate of drug-likeness (QED) is 0.840. The molecule has 112 valence electrons. The molecule has 1 aromatic carbocycles. The van der Waals surface area contributed by atoms with Crippen LogP contribution in [0.1, 0.15) is 26.7 Å². The number of carboxylic acid groups (broad SMARTS) is 1. The first kappa shape index (κ1) is 16.5. The number of hydrogen-bond acceptors (Lipinski definition) is 3. The van der Waals surface area contributed by atoms with Crippen LogP contribution in [0, 0.1) is 11.6 Å². The molecule has 1 aromatic rings. The standard InChI is InChI=1S/C12H15F2NO4S/c1-3-12(4-2,11(16)17)15-20(18,19)10-7-8(13)5-6-9(10)14/h5-7,15H,3-4H2,1-2H3,(H,16,17). The lowest BCUT2D eigenvalue weighted by atomic mass is 9.95. The molecule has 0 unspecified atom stereocenters. The monoisotopic (exact) mass is 307 g/mol. The summed E-state index contributed by atoms with van der Waals surface area (Å²) < 4.78 is 52.7. The maximum Gasteiger partial charge on any atom is 0.324 e. The lowest BCUT2D eigenvalue weighted by Gasteiger charge is -2.27. The Balaban J connectivity index is 3.30. The Kier molecular flexibility index (Phi) is 4.82. The van der Waals surface area contributed by atoms with Gasteiger partial charge in [0.25, 0.3) is 0 Å². The van der Waals surface area contributed by atoms with Crippen molar-refractivity contribution in [3.05, 3.63) is 29.8 Å². The minimum absolute atomic E-state index is 0.0327. The number of carbonyl (C=O) groups is 1. The van der Waals surface area contributed by atoms with Gasteiger partial charge < -0.3 is 5.11 Å². The Bertz CT molecular complexity index is 612. The third-order valence-corrected chi connectivity index (χ3v) is 4.68. The number of benzene rings is 1. The van der Waals surface area contributed by atoms with E-state index in [1.165, 1.54) is 13.8 Å². The zero-order chi connectivity index (χ0) is 15.6. The summed E-state index contributed by atoms with van der Waals surface area (Å²) in [6.45, 7) is 2.98. The summed E-state index contributed by atoms with van der Waals surface area (Å²) in [5, 5.41) is 9.16. The van der Waals surface area contributed by atoms with Gasteiger partial charge >= 0.3 is 5.97 Å². The molecule has 0 aliphatic heterocycles. The van der Waals surface area contributed by atoms with Gasteiger partial charge in [-0.1, -0.05) is 13.8 Å². The molecule has 0 heterocycles. The third-order valence-electron chi connectivity index (χ3n) is 3.13. The van der Waals surface area contributed by atoms with Crippen LogP contribution in [0.5, 0.6) is 0 Å². The van der Waals surface area contributed by atoms with Crippen molar-refractivity contribution in [3.8, 4) is 0 Å². The van der Waals surface area contributed by atoms with Crippen molar-refractivity contribution in [2.45, 2.75) is 37.1 Å². The molecule has 0 spiro atoms. The van der Waals surface area contributed by atoms with E-state index in [2.05, 4.69) is 0 Å². The number of halogens is 2. The van der Waals surface area contributed by atoms with Gasteiger partial charge in [0.1, 0.15) is 22.1 Å². The first-order chi connectivity index (χ1) is 9.18. The molecule has 20 heavy (non-hydrogen) atoms. The molecule has 0 saturated carbocycles. The number of aliphatic carboxylic acids is 1. The topological polar surface area (TPSA) is 83.5 Å². The molecule has 0 amide bonds. The van der Waals surface area contributed by atoms with Gasteiger partial charge in [-0.25, -0.2) is 17.2 Å². The van der Waals surface area contributed by atoms with Crippen molar-refractivity contribution in [1.29, 1.82) is 0 Å². The summed E-state index contributed by atoms with van der Waals surface area (Å²) in [7, 11) is -4.49. The molecule has 2 N–H and O–H groups in total. The fraction of sp³-hybridized carbons (Fsp3) is 0.417. The molecular formula is C12H15F2NO4S. The van der Waals surface area contributed by atoms with E-state index in [9.17, 15) is 22.0 Å². The smallest absolute Gasteiger partial charge is 0.324 e. The molecule has 0 aliphatic rings. The molecule has 0 aromatic heterocycles. The van der Waals surface area contributed by atoms with Crippen LogP contribution in [0.4, 0.5) is 8.78 Å². The van der Waals surface area contributed by atoms with Gasteiger partial charge in [-0.3, -0.25) is 4.79 Å². The third kappa shape index (κ3) is 3.13. The largest absolute Gasteiger partial charge is 0.480 e. The van der Waals surface area contributed by atoms with Crippen LogP contribution in [0.2, 0.25) is 0 Å². The number of carboxylic acids is 1. The highest BCUT2D eigenvalue weighted by molar-refractivity contribution is 7.89. The minimum atomic E-state index is -4.49. The highest BCUT2D eigenvalue weighted by atomic mass is 32.2. The van der Waals surface area contributed by atoms with Crippen molar-refractivity contribution in [3.63, 3.8) is 0 Å². The summed E-state index contributed by atoms with van der Waals surface area (Å²) in [4.78, 5) is 10.3. The summed E-state index contributed by atoms with van der Waals surface area (Å²) in [5.74, 6) is -3.45. The molecular weight excluding hydrogens is 292 g/mol. The Morgan fingerprint density at radius 2 is 1.85 bits per heavy atom. The predicted octanol–water partition coefficient (Wildman–Crippen LogP) is 1.89. The SMILES string of the molecule is CCC(CC)(NS(=O)(=O)c1cc(F)ccc1F)C(=O)O. The van der Waals surface area contributed by atoms with Gasteiger partial charge in [0.05, 0.1) is 0 Å². The highest BCUT2D eigenvalue weighted by Crippen LogP contribution is 2.22. The highest BCUT2D eigenvalue weighted by Gasteiger charge is 2.40. The molecule has 1 rings (SSSR count). The maximum atomic E-state index is 13.5. The Morgan fingerprint density at radius 3 is 2.30 bits per heavy atom. The van der Waals surface area contributed by atoms with E-state index in [1.807, 2.05) is 4.72 Å². The molecule has 0 saturated heterocycles. The van der Waals surface area contributed by atoms with Crippen molar-refractivity contribution in [2.75, 3.05) is 0 Å². The van der Waals surface area contributed by atoms with Crippen LogP contribution in [0.15, 0.2) is 23.1 Å². The molecule has 0 atom stereocenters. The summed E-state index contributed by atoms with van der Waals surface area (Å²) in [6.07, 6.45) is -0.0655. The summed E-state index contributed by atoms with van der Waals surface area (Å²) in [5.41, 5.74) is -1.75. The number of rotatable bonds is 6. The van der Waals surface area contributed by atoms with Crippen LogP contribution in [-0.4, -0.2) is 25.0 Å². The average molecular weight is 307 g/mol.